The Morgan fingerprint density at radius 1 is 1.47 bits per heavy atom. The Balaban J connectivity index is 2.49. The predicted molar refractivity (Wildman–Crippen MR) is 62.0 cm³/mol. The first-order valence-corrected chi connectivity index (χ1v) is 4.98. The number of aromatic nitrogens is 4. The van der Waals surface area contributed by atoms with E-state index in [1.165, 1.54) is 11.0 Å². The monoisotopic (exact) mass is 232 g/mol. The van der Waals surface area contributed by atoms with Crippen LogP contribution in [0.25, 0.3) is 5.82 Å². The average Bonchev–Trinajstić information content (AvgIpc) is 2.78. The van der Waals surface area contributed by atoms with Crippen molar-refractivity contribution in [3.05, 3.63) is 29.8 Å². The van der Waals surface area contributed by atoms with Gasteiger partial charge in [-0.25, -0.2) is 14.6 Å². The molecule has 0 atom stereocenters. The van der Waals surface area contributed by atoms with Gasteiger partial charge in [0.1, 0.15) is 17.8 Å². The summed E-state index contributed by atoms with van der Waals surface area (Å²) in [6.45, 7) is 1.87. The number of primary amides is 1. The Hall–Kier alpha value is -2.44. The van der Waals surface area contributed by atoms with E-state index in [1.807, 2.05) is 6.92 Å². The van der Waals surface area contributed by atoms with Crippen LogP contribution >= 0.6 is 0 Å². The molecule has 2 aromatic heterocycles. The highest BCUT2D eigenvalue weighted by atomic mass is 16.1. The number of carbonyl (C=O) groups excluding carboxylic acids is 1. The summed E-state index contributed by atoms with van der Waals surface area (Å²) in [4.78, 5) is 19.2. The van der Waals surface area contributed by atoms with Crippen molar-refractivity contribution in [1.82, 2.24) is 19.7 Å². The number of amides is 1. The highest BCUT2D eigenvalue weighted by Gasteiger charge is 2.11. The zero-order valence-corrected chi connectivity index (χ0v) is 9.51. The average molecular weight is 232 g/mol. The van der Waals surface area contributed by atoms with Gasteiger partial charge in [-0.05, 0) is 13.0 Å². The van der Waals surface area contributed by atoms with Crippen LogP contribution in [0, 0.1) is 6.92 Å². The predicted octanol–water partition coefficient (Wildman–Crippen LogP) is 0.111. The molecule has 1 amide bonds. The summed E-state index contributed by atoms with van der Waals surface area (Å²) < 4.78 is 1.50. The van der Waals surface area contributed by atoms with Gasteiger partial charge in [-0.1, -0.05) is 0 Å². The number of nitrogens with zero attached hydrogens (tertiary/aromatic N) is 4. The first kappa shape index (κ1) is 11.1. The Morgan fingerprint density at radius 3 is 2.82 bits per heavy atom. The first-order chi connectivity index (χ1) is 8.13. The molecule has 7 heteroatoms. The lowest BCUT2D eigenvalue weighted by molar-refractivity contribution is 0.0995. The molecule has 0 spiro atoms. The summed E-state index contributed by atoms with van der Waals surface area (Å²) in [6.07, 6.45) is 3.06. The number of carbonyl (C=O) groups is 1. The number of anilines is 1. The van der Waals surface area contributed by atoms with Crippen LogP contribution < -0.4 is 11.1 Å². The van der Waals surface area contributed by atoms with Crippen molar-refractivity contribution in [1.29, 1.82) is 0 Å². The van der Waals surface area contributed by atoms with E-state index in [1.54, 1.807) is 19.3 Å². The molecule has 88 valence electrons. The standard InChI is InChI=1S/C10H12N6O/c1-6-9(12-2)13-5-14-10(6)16-4-3-7(15-16)8(11)17/h3-5H,1-2H3,(H2,11,17)(H,12,13,14). The van der Waals surface area contributed by atoms with E-state index in [4.69, 9.17) is 5.73 Å². The van der Waals surface area contributed by atoms with Gasteiger partial charge in [0.05, 0.1) is 0 Å². The third kappa shape index (κ3) is 1.94. The quantitative estimate of drug-likeness (QED) is 0.782. The number of hydrogen-bond acceptors (Lipinski definition) is 5. The lowest BCUT2D eigenvalue weighted by atomic mass is 10.3. The molecule has 0 bridgehead atoms. The van der Waals surface area contributed by atoms with Gasteiger partial charge < -0.3 is 11.1 Å². The van der Waals surface area contributed by atoms with Crippen molar-refractivity contribution in [2.75, 3.05) is 12.4 Å². The zero-order valence-electron chi connectivity index (χ0n) is 9.51. The molecular weight excluding hydrogens is 220 g/mol. The lowest BCUT2D eigenvalue weighted by Gasteiger charge is -2.08. The highest BCUT2D eigenvalue weighted by molar-refractivity contribution is 5.90. The third-order valence-electron chi connectivity index (χ3n) is 2.35. The Labute approximate surface area is 97.7 Å². The minimum atomic E-state index is -0.565. The fourth-order valence-corrected chi connectivity index (χ4v) is 1.50. The summed E-state index contributed by atoms with van der Waals surface area (Å²) >= 11 is 0. The summed E-state index contributed by atoms with van der Waals surface area (Å²) in [5.74, 6) is 0.757. The Morgan fingerprint density at radius 2 is 2.24 bits per heavy atom. The molecule has 0 aliphatic carbocycles. The molecule has 2 aromatic rings. The molecule has 0 fully saturated rings. The van der Waals surface area contributed by atoms with E-state index in [9.17, 15) is 4.79 Å². The normalized spacial score (nSPS) is 10.2. The summed E-state index contributed by atoms with van der Waals surface area (Å²) in [5, 5.41) is 6.99. The van der Waals surface area contributed by atoms with Crippen LogP contribution in [0.15, 0.2) is 18.6 Å². The van der Waals surface area contributed by atoms with E-state index in [-0.39, 0.29) is 5.69 Å². The van der Waals surface area contributed by atoms with Crippen molar-refractivity contribution in [2.24, 2.45) is 5.73 Å². The minimum Gasteiger partial charge on any atom is -0.373 e. The van der Waals surface area contributed by atoms with Crippen LogP contribution in [0.4, 0.5) is 5.82 Å². The van der Waals surface area contributed by atoms with E-state index in [2.05, 4.69) is 20.4 Å². The lowest BCUT2D eigenvalue weighted by Crippen LogP contribution is -2.13. The number of rotatable bonds is 3. The fraction of sp³-hybridized carbons (Fsp3) is 0.200. The summed E-state index contributed by atoms with van der Waals surface area (Å²) in [5.41, 5.74) is 6.18. The maximum Gasteiger partial charge on any atom is 0.269 e. The van der Waals surface area contributed by atoms with Gasteiger partial charge in [0.15, 0.2) is 5.82 Å². The minimum absolute atomic E-state index is 0.203. The fourth-order valence-electron chi connectivity index (χ4n) is 1.50. The first-order valence-electron chi connectivity index (χ1n) is 4.98. The maximum absolute atomic E-state index is 11.0. The topological polar surface area (TPSA) is 98.7 Å². The van der Waals surface area contributed by atoms with Gasteiger partial charge in [-0.2, -0.15) is 5.10 Å². The third-order valence-corrected chi connectivity index (χ3v) is 2.35. The van der Waals surface area contributed by atoms with Crippen LogP contribution in [-0.2, 0) is 0 Å². The van der Waals surface area contributed by atoms with Crippen molar-refractivity contribution in [3.8, 4) is 5.82 Å². The molecule has 17 heavy (non-hydrogen) atoms. The highest BCUT2D eigenvalue weighted by Crippen LogP contribution is 2.16. The molecule has 0 aliphatic rings. The van der Waals surface area contributed by atoms with Gasteiger partial charge >= 0.3 is 0 Å². The van der Waals surface area contributed by atoms with Crippen LogP contribution in [0.3, 0.4) is 0 Å². The SMILES string of the molecule is CNc1ncnc(-n2ccc(C(N)=O)n2)c1C. The molecule has 0 radical (unpaired) electrons. The molecular formula is C10H12N6O. The van der Waals surface area contributed by atoms with Gasteiger partial charge in [-0.15, -0.1) is 0 Å². The van der Waals surface area contributed by atoms with Crippen molar-refractivity contribution >= 4 is 11.7 Å². The maximum atomic E-state index is 11.0. The van der Waals surface area contributed by atoms with Crippen LogP contribution in [-0.4, -0.2) is 32.7 Å². The van der Waals surface area contributed by atoms with E-state index >= 15 is 0 Å². The second kappa shape index (κ2) is 4.20. The van der Waals surface area contributed by atoms with Crippen LogP contribution in [0.5, 0.6) is 0 Å². The Kier molecular flexibility index (Phi) is 2.73. The number of nitrogens with one attached hydrogen (secondary N) is 1. The van der Waals surface area contributed by atoms with E-state index < -0.39 is 5.91 Å². The van der Waals surface area contributed by atoms with Crippen molar-refractivity contribution in [3.63, 3.8) is 0 Å². The van der Waals surface area contributed by atoms with Crippen LogP contribution in [0.1, 0.15) is 16.1 Å². The van der Waals surface area contributed by atoms with Gasteiger partial charge in [0.25, 0.3) is 5.91 Å². The zero-order chi connectivity index (χ0) is 12.4. The molecule has 0 aromatic carbocycles. The summed E-state index contributed by atoms with van der Waals surface area (Å²) in [6, 6.07) is 1.54. The molecule has 2 rings (SSSR count). The summed E-state index contributed by atoms with van der Waals surface area (Å²) in [7, 11) is 1.77. The van der Waals surface area contributed by atoms with E-state index in [0.29, 0.717) is 11.6 Å². The second-order valence-electron chi connectivity index (χ2n) is 3.43. The van der Waals surface area contributed by atoms with Crippen molar-refractivity contribution < 1.29 is 4.79 Å². The molecule has 2 heterocycles. The second-order valence-corrected chi connectivity index (χ2v) is 3.43. The molecule has 3 N–H and O–H groups in total. The number of nitrogens with two attached hydrogens (primary N) is 1. The largest absolute Gasteiger partial charge is 0.373 e. The molecule has 7 nitrogen and oxygen atoms in total. The Bertz CT molecular complexity index is 562. The van der Waals surface area contributed by atoms with Crippen LogP contribution in [0.2, 0.25) is 0 Å². The molecule has 0 unspecified atom stereocenters. The number of hydrogen-bond donors (Lipinski definition) is 2. The molecule has 0 aliphatic heterocycles. The van der Waals surface area contributed by atoms with Gasteiger partial charge in [0.2, 0.25) is 0 Å². The smallest absolute Gasteiger partial charge is 0.269 e. The van der Waals surface area contributed by atoms with E-state index in [0.717, 1.165) is 5.56 Å². The van der Waals surface area contributed by atoms with Gasteiger partial charge in [0, 0.05) is 18.8 Å². The molecule has 0 saturated heterocycles. The van der Waals surface area contributed by atoms with Crippen molar-refractivity contribution in [2.45, 2.75) is 6.92 Å². The van der Waals surface area contributed by atoms with Gasteiger partial charge in [-0.3, -0.25) is 4.79 Å². The molecule has 0 saturated carbocycles.